The van der Waals surface area contributed by atoms with E-state index < -0.39 is 12.2 Å². The molecule has 6 atom stereocenters. The first kappa shape index (κ1) is 21.8. The second kappa shape index (κ2) is 8.59. The molecule has 0 saturated heterocycles. The molecular formula is C27H38O3. The van der Waals surface area contributed by atoms with Gasteiger partial charge in [-0.2, -0.15) is 0 Å². The van der Waals surface area contributed by atoms with Crippen LogP contribution in [0.2, 0.25) is 0 Å². The zero-order valence-electron chi connectivity index (χ0n) is 18.6. The quantitative estimate of drug-likeness (QED) is 0.605. The highest BCUT2D eigenvalue weighted by atomic mass is 16.3. The summed E-state index contributed by atoms with van der Waals surface area (Å²) in [6, 6.07) is 0. The van der Waals surface area contributed by atoms with Crippen molar-refractivity contribution in [2.45, 2.75) is 83.8 Å². The molecule has 1 unspecified atom stereocenters. The van der Waals surface area contributed by atoms with Crippen molar-refractivity contribution in [1.29, 1.82) is 0 Å². The molecule has 4 fully saturated rings. The molecule has 3 nitrogen and oxygen atoms in total. The topological polar surface area (TPSA) is 57.5 Å². The second-order valence-electron chi connectivity index (χ2n) is 10.6. The van der Waals surface area contributed by atoms with Gasteiger partial charge in [0.05, 0.1) is 12.2 Å². The third-order valence-electron chi connectivity index (χ3n) is 8.48. The maximum Gasteiger partial charge on any atom is 0.158 e. The molecule has 0 amide bonds. The highest BCUT2D eigenvalue weighted by molar-refractivity contribution is 5.93. The Labute approximate surface area is 181 Å². The summed E-state index contributed by atoms with van der Waals surface area (Å²) in [5.74, 6) is 2.28. The maximum atomic E-state index is 12.1. The fraction of sp³-hybridized carbons (Fsp3) is 0.667. The number of allylic oxidation sites excluding steroid dienone is 5. The molecular weight excluding hydrogens is 372 g/mol. The van der Waals surface area contributed by atoms with Gasteiger partial charge in [-0.1, -0.05) is 44.2 Å². The van der Waals surface area contributed by atoms with Gasteiger partial charge in [0.15, 0.2) is 5.78 Å². The van der Waals surface area contributed by atoms with Crippen LogP contribution in [0.3, 0.4) is 0 Å². The molecule has 3 heteroatoms. The van der Waals surface area contributed by atoms with Crippen molar-refractivity contribution >= 4 is 5.78 Å². The molecule has 0 spiro atoms. The number of rotatable bonds is 5. The molecule has 30 heavy (non-hydrogen) atoms. The van der Waals surface area contributed by atoms with Crippen molar-refractivity contribution in [1.82, 2.24) is 0 Å². The number of hydrogen-bond acceptors (Lipinski definition) is 3. The summed E-state index contributed by atoms with van der Waals surface area (Å²) in [4.78, 5) is 12.1. The van der Waals surface area contributed by atoms with E-state index in [1.165, 1.54) is 31.3 Å². The van der Waals surface area contributed by atoms with Crippen molar-refractivity contribution in [3.63, 3.8) is 0 Å². The van der Waals surface area contributed by atoms with Crippen LogP contribution < -0.4 is 0 Å². The zero-order valence-corrected chi connectivity index (χ0v) is 18.6. The molecule has 4 saturated carbocycles. The molecule has 0 radical (unpaired) electrons. The van der Waals surface area contributed by atoms with Crippen molar-refractivity contribution in [3.05, 3.63) is 47.6 Å². The largest absolute Gasteiger partial charge is 0.393 e. The van der Waals surface area contributed by atoms with E-state index in [0.29, 0.717) is 42.3 Å². The lowest BCUT2D eigenvalue weighted by atomic mass is 9.61. The predicted octanol–water partition coefficient (Wildman–Crippen LogP) is 5.30. The summed E-state index contributed by atoms with van der Waals surface area (Å²) in [6.45, 7) is 8.81. The minimum Gasteiger partial charge on any atom is -0.393 e. The molecule has 4 aliphatic rings. The van der Waals surface area contributed by atoms with E-state index in [0.717, 1.165) is 30.4 Å². The lowest BCUT2D eigenvalue weighted by Crippen LogP contribution is -2.35. The van der Waals surface area contributed by atoms with Crippen LogP contribution >= 0.6 is 0 Å². The Hall–Kier alpha value is -1.45. The first-order valence-electron chi connectivity index (χ1n) is 12.0. The van der Waals surface area contributed by atoms with Crippen LogP contribution in [0.5, 0.6) is 0 Å². The van der Waals surface area contributed by atoms with Crippen molar-refractivity contribution in [3.8, 4) is 0 Å². The molecule has 0 aliphatic heterocycles. The molecule has 2 N–H and O–H groups in total. The van der Waals surface area contributed by atoms with Crippen molar-refractivity contribution < 1.29 is 15.0 Å². The van der Waals surface area contributed by atoms with E-state index >= 15 is 0 Å². The third-order valence-corrected chi connectivity index (χ3v) is 8.48. The molecule has 164 valence electrons. The standard InChI is InChI=1S/C27H38O3/c1-17(6-13-25(29)20-8-9-20)23-11-12-24-19(5-4-14-27(23,24)3)7-10-21-15-22(28)16-26(30)18(21)2/h6-7,10,13,17,20,22-24,26,28,30H,2,4-5,8-9,11-12,14-16H2,1,3H3/b13-6+,19-7?,21-10?/t17-,22-,23-,24?,26+,27-/m1/s1. The average molecular weight is 411 g/mol. The maximum absolute atomic E-state index is 12.1. The number of hydrogen-bond donors (Lipinski definition) is 2. The number of ketones is 1. The summed E-state index contributed by atoms with van der Waals surface area (Å²) in [5, 5.41) is 20.1. The fourth-order valence-corrected chi connectivity index (χ4v) is 6.49. The summed E-state index contributed by atoms with van der Waals surface area (Å²) >= 11 is 0. The summed E-state index contributed by atoms with van der Waals surface area (Å²) in [5.41, 5.74) is 3.56. The van der Waals surface area contributed by atoms with E-state index in [1.807, 2.05) is 6.08 Å². The average Bonchev–Trinajstić information content (AvgIpc) is 3.49. The normalized spacial score (nSPS) is 40.9. The Morgan fingerprint density at radius 1 is 1.20 bits per heavy atom. The SMILES string of the molecule is C=C1C(=CC=C2CCC[C@@]3(C)C2CC[C@@H]3[C@H](C)/C=C/C(=O)C2CC2)C[C@@H](O)C[C@@H]1O. The van der Waals surface area contributed by atoms with E-state index in [4.69, 9.17) is 0 Å². The summed E-state index contributed by atoms with van der Waals surface area (Å²) < 4.78 is 0. The van der Waals surface area contributed by atoms with Crippen LogP contribution in [0.1, 0.15) is 71.6 Å². The number of aliphatic hydroxyl groups is 2. The highest BCUT2D eigenvalue weighted by Crippen LogP contribution is 2.59. The Balaban J connectivity index is 1.49. The van der Waals surface area contributed by atoms with Gasteiger partial charge >= 0.3 is 0 Å². The van der Waals surface area contributed by atoms with Crippen molar-refractivity contribution in [2.24, 2.45) is 29.1 Å². The monoisotopic (exact) mass is 410 g/mol. The minimum atomic E-state index is -0.628. The Bertz CT molecular complexity index is 784. The first-order chi connectivity index (χ1) is 14.3. The van der Waals surface area contributed by atoms with Gasteiger partial charge in [-0.05, 0) is 91.8 Å². The van der Waals surface area contributed by atoms with E-state index in [1.54, 1.807) is 0 Å². The van der Waals surface area contributed by atoms with Gasteiger partial charge in [0.1, 0.15) is 0 Å². The number of carbonyl (C=O) groups excluding carboxylic acids is 1. The van der Waals surface area contributed by atoms with Gasteiger partial charge in [0.25, 0.3) is 0 Å². The number of fused-ring (bicyclic) bond motifs is 1. The first-order valence-corrected chi connectivity index (χ1v) is 12.0. The summed E-state index contributed by atoms with van der Waals surface area (Å²) in [6.07, 6.45) is 16.5. The van der Waals surface area contributed by atoms with Gasteiger partial charge in [0.2, 0.25) is 0 Å². The molecule has 0 bridgehead atoms. The third kappa shape index (κ3) is 4.29. The van der Waals surface area contributed by atoms with Crippen LogP contribution in [0.4, 0.5) is 0 Å². The van der Waals surface area contributed by atoms with Crippen molar-refractivity contribution in [2.75, 3.05) is 0 Å². The van der Waals surface area contributed by atoms with E-state index in [9.17, 15) is 15.0 Å². The van der Waals surface area contributed by atoms with E-state index in [-0.39, 0.29) is 5.41 Å². The molecule has 0 aromatic heterocycles. The Morgan fingerprint density at radius 3 is 2.70 bits per heavy atom. The second-order valence-corrected chi connectivity index (χ2v) is 10.6. The highest BCUT2D eigenvalue weighted by Gasteiger charge is 2.50. The molecule has 4 rings (SSSR count). The predicted molar refractivity (Wildman–Crippen MR) is 121 cm³/mol. The molecule has 0 aromatic carbocycles. The van der Waals surface area contributed by atoms with Gasteiger partial charge in [-0.25, -0.2) is 0 Å². The zero-order chi connectivity index (χ0) is 21.5. The van der Waals surface area contributed by atoms with Gasteiger partial charge < -0.3 is 10.2 Å². The van der Waals surface area contributed by atoms with Gasteiger partial charge in [0, 0.05) is 12.3 Å². The minimum absolute atomic E-state index is 0.289. The lowest BCUT2D eigenvalue weighted by Gasteiger charge is -2.44. The van der Waals surface area contributed by atoms with Crippen LogP contribution in [0.25, 0.3) is 0 Å². The Kier molecular flexibility index (Phi) is 6.23. The Morgan fingerprint density at radius 2 is 1.97 bits per heavy atom. The molecule has 0 heterocycles. The fourth-order valence-electron chi connectivity index (χ4n) is 6.49. The van der Waals surface area contributed by atoms with Crippen LogP contribution in [0, 0.1) is 29.1 Å². The smallest absolute Gasteiger partial charge is 0.158 e. The molecule has 4 aliphatic carbocycles. The van der Waals surface area contributed by atoms with Crippen LogP contribution in [-0.2, 0) is 4.79 Å². The lowest BCUT2D eigenvalue weighted by molar-refractivity contribution is -0.115. The van der Waals surface area contributed by atoms with Gasteiger partial charge in [-0.15, -0.1) is 0 Å². The van der Waals surface area contributed by atoms with E-state index in [2.05, 4.69) is 38.7 Å². The van der Waals surface area contributed by atoms with Crippen LogP contribution in [-0.4, -0.2) is 28.2 Å². The number of aliphatic hydroxyl groups excluding tert-OH is 2. The molecule has 0 aromatic rings. The summed E-state index contributed by atoms with van der Waals surface area (Å²) in [7, 11) is 0. The number of carbonyl (C=O) groups is 1. The van der Waals surface area contributed by atoms with Gasteiger partial charge in [-0.3, -0.25) is 4.79 Å². The van der Waals surface area contributed by atoms with Crippen LogP contribution in [0.15, 0.2) is 47.6 Å².